The van der Waals surface area contributed by atoms with Crippen molar-refractivity contribution >= 4 is 5.57 Å². The minimum absolute atomic E-state index is 0.397. The number of rotatable bonds is 6. The Bertz CT molecular complexity index is 831. The Labute approximate surface area is 151 Å². The molecule has 2 atom stereocenters. The summed E-state index contributed by atoms with van der Waals surface area (Å²) in [5.41, 5.74) is 6.07. The minimum atomic E-state index is 0.397. The first-order valence-electron chi connectivity index (χ1n) is 9.05. The summed E-state index contributed by atoms with van der Waals surface area (Å²) in [4.78, 5) is 0. The zero-order valence-corrected chi connectivity index (χ0v) is 15.1. The van der Waals surface area contributed by atoms with Crippen LogP contribution in [0, 0.1) is 17.2 Å². The van der Waals surface area contributed by atoms with Gasteiger partial charge in [0.25, 0.3) is 0 Å². The number of hydrogen-bond donors (Lipinski definition) is 0. The molecule has 0 radical (unpaired) electrons. The maximum absolute atomic E-state index is 8.88. The lowest BCUT2D eigenvalue weighted by atomic mass is 9.86. The van der Waals surface area contributed by atoms with Crippen molar-refractivity contribution in [3.05, 3.63) is 89.5 Å². The van der Waals surface area contributed by atoms with Crippen molar-refractivity contribution in [1.29, 1.82) is 5.26 Å². The summed E-state index contributed by atoms with van der Waals surface area (Å²) in [5.74, 6) is 0.788. The third-order valence-electron chi connectivity index (χ3n) is 5.68. The van der Waals surface area contributed by atoms with Crippen LogP contribution >= 0.6 is 0 Å². The highest BCUT2D eigenvalue weighted by atomic mass is 14.5. The molecule has 0 heterocycles. The Morgan fingerprint density at radius 2 is 1.92 bits per heavy atom. The van der Waals surface area contributed by atoms with Crippen LogP contribution in [-0.2, 0) is 11.8 Å². The third-order valence-corrected chi connectivity index (χ3v) is 5.68. The molecular weight excluding hydrogens is 302 g/mol. The molecule has 0 N–H and O–H groups in total. The van der Waals surface area contributed by atoms with Crippen LogP contribution in [0.3, 0.4) is 0 Å². The fourth-order valence-electron chi connectivity index (χ4n) is 3.91. The molecular formula is C24H25N. The molecule has 0 aromatic heterocycles. The molecule has 1 saturated carbocycles. The predicted octanol–water partition coefficient (Wildman–Crippen LogP) is 6.06. The smallest absolute Gasteiger partial charge is 0.0991 e. The Morgan fingerprint density at radius 1 is 1.24 bits per heavy atom. The molecule has 0 spiro atoms. The maximum atomic E-state index is 8.88. The van der Waals surface area contributed by atoms with Crippen molar-refractivity contribution in [3.63, 3.8) is 0 Å². The molecule has 0 bridgehead atoms. The van der Waals surface area contributed by atoms with E-state index in [0.29, 0.717) is 11.0 Å². The fraction of sp³-hybridized carbons (Fsp3) is 0.292. The van der Waals surface area contributed by atoms with E-state index in [0.717, 1.165) is 23.5 Å². The standard InChI is InChI=1S/C24H25N/c1-4-24(16-19(24)3)23-11-6-5-9-22(23)10-7-8-18(2)21-14-12-20(17-25)13-15-21/h5-9,11-15,19H,2,4,10,16H2,1,3H3/b8-7-. The van der Waals surface area contributed by atoms with Gasteiger partial charge >= 0.3 is 0 Å². The second kappa shape index (κ2) is 7.11. The monoisotopic (exact) mass is 327 g/mol. The van der Waals surface area contributed by atoms with Gasteiger partial charge in [0.05, 0.1) is 11.6 Å². The lowest BCUT2D eigenvalue weighted by Crippen LogP contribution is -2.10. The molecule has 0 saturated heterocycles. The molecule has 1 nitrogen and oxygen atoms in total. The quantitative estimate of drug-likeness (QED) is 0.592. The van der Waals surface area contributed by atoms with Gasteiger partial charge in [-0.1, -0.05) is 69.0 Å². The average Bonchev–Trinajstić information content (AvgIpc) is 3.33. The molecule has 1 aliphatic rings. The van der Waals surface area contributed by atoms with Crippen LogP contribution in [0.5, 0.6) is 0 Å². The Balaban J connectivity index is 1.72. The molecule has 1 aliphatic carbocycles. The van der Waals surface area contributed by atoms with Crippen LogP contribution in [0.1, 0.15) is 48.9 Å². The highest BCUT2D eigenvalue weighted by Gasteiger charge is 2.51. The van der Waals surface area contributed by atoms with Crippen LogP contribution in [0.25, 0.3) is 5.57 Å². The molecule has 25 heavy (non-hydrogen) atoms. The van der Waals surface area contributed by atoms with Gasteiger partial charge in [0.2, 0.25) is 0 Å². The van der Waals surface area contributed by atoms with Crippen molar-refractivity contribution < 1.29 is 0 Å². The van der Waals surface area contributed by atoms with E-state index < -0.39 is 0 Å². The summed E-state index contributed by atoms with van der Waals surface area (Å²) in [6, 6.07) is 18.6. The van der Waals surface area contributed by atoms with Gasteiger partial charge < -0.3 is 0 Å². The first kappa shape index (κ1) is 17.2. The summed E-state index contributed by atoms with van der Waals surface area (Å²) in [6.07, 6.45) is 7.75. The van der Waals surface area contributed by atoms with Gasteiger partial charge in [-0.25, -0.2) is 0 Å². The van der Waals surface area contributed by atoms with E-state index in [4.69, 9.17) is 5.26 Å². The summed E-state index contributed by atoms with van der Waals surface area (Å²) in [5, 5.41) is 8.88. The zero-order chi connectivity index (χ0) is 17.9. The van der Waals surface area contributed by atoms with Crippen LogP contribution in [0.2, 0.25) is 0 Å². The molecule has 126 valence electrons. The Morgan fingerprint density at radius 3 is 2.52 bits per heavy atom. The lowest BCUT2D eigenvalue weighted by molar-refractivity contribution is 0.602. The SMILES string of the molecule is C=C(/C=C\Cc1ccccc1C1(CC)CC1C)c1ccc(C#N)cc1. The van der Waals surface area contributed by atoms with Gasteiger partial charge in [0.1, 0.15) is 0 Å². The van der Waals surface area contributed by atoms with Gasteiger partial charge in [-0.15, -0.1) is 0 Å². The first-order chi connectivity index (χ1) is 12.1. The Hall–Kier alpha value is -2.59. The van der Waals surface area contributed by atoms with Gasteiger partial charge in [-0.3, -0.25) is 0 Å². The zero-order valence-electron chi connectivity index (χ0n) is 15.1. The van der Waals surface area contributed by atoms with E-state index in [1.54, 1.807) is 0 Å². The summed E-state index contributed by atoms with van der Waals surface area (Å²) in [7, 11) is 0. The first-order valence-corrected chi connectivity index (χ1v) is 9.05. The summed E-state index contributed by atoms with van der Waals surface area (Å²) < 4.78 is 0. The molecule has 1 fully saturated rings. The minimum Gasteiger partial charge on any atom is -0.192 e. The second-order valence-electron chi connectivity index (χ2n) is 7.09. The number of nitrogens with zero attached hydrogens (tertiary/aromatic N) is 1. The topological polar surface area (TPSA) is 23.8 Å². The summed E-state index contributed by atoms with van der Waals surface area (Å²) >= 11 is 0. The van der Waals surface area contributed by atoms with Crippen LogP contribution in [0.4, 0.5) is 0 Å². The van der Waals surface area contributed by atoms with E-state index >= 15 is 0 Å². The van der Waals surface area contributed by atoms with Crippen LogP contribution < -0.4 is 0 Å². The predicted molar refractivity (Wildman–Crippen MR) is 105 cm³/mol. The molecule has 2 unspecified atom stereocenters. The highest BCUT2D eigenvalue weighted by Crippen LogP contribution is 2.57. The number of allylic oxidation sites excluding steroid dienone is 3. The number of nitriles is 1. The van der Waals surface area contributed by atoms with Gasteiger partial charge in [0.15, 0.2) is 0 Å². The Kier molecular flexibility index (Phi) is 4.91. The summed E-state index contributed by atoms with van der Waals surface area (Å²) in [6.45, 7) is 8.83. The molecule has 3 rings (SSSR count). The number of benzene rings is 2. The van der Waals surface area contributed by atoms with Crippen LogP contribution in [0.15, 0.2) is 67.3 Å². The van der Waals surface area contributed by atoms with Gasteiger partial charge in [0, 0.05) is 0 Å². The highest BCUT2D eigenvalue weighted by molar-refractivity contribution is 5.72. The molecule has 2 aromatic rings. The normalized spacial score (nSPS) is 21.9. The van der Waals surface area contributed by atoms with E-state index in [-0.39, 0.29) is 0 Å². The maximum Gasteiger partial charge on any atom is 0.0991 e. The van der Waals surface area contributed by atoms with Crippen molar-refractivity contribution in [2.24, 2.45) is 5.92 Å². The fourth-order valence-corrected chi connectivity index (χ4v) is 3.91. The van der Waals surface area contributed by atoms with Crippen molar-refractivity contribution in [2.45, 2.75) is 38.5 Å². The van der Waals surface area contributed by atoms with Crippen molar-refractivity contribution in [3.8, 4) is 6.07 Å². The van der Waals surface area contributed by atoms with E-state index in [1.807, 2.05) is 24.3 Å². The third kappa shape index (κ3) is 3.44. The lowest BCUT2D eigenvalue weighted by Gasteiger charge is -2.18. The average molecular weight is 327 g/mol. The largest absolute Gasteiger partial charge is 0.192 e. The van der Waals surface area contributed by atoms with Gasteiger partial charge in [-0.2, -0.15) is 5.26 Å². The van der Waals surface area contributed by atoms with E-state index in [9.17, 15) is 0 Å². The molecule has 1 heteroatoms. The molecule has 0 amide bonds. The molecule has 0 aliphatic heterocycles. The molecule has 2 aromatic carbocycles. The van der Waals surface area contributed by atoms with Gasteiger partial charge in [-0.05, 0) is 65.0 Å². The van der Waals surface area contributed by atoms with E-state index in [1.165, 1.54) is 24.0 Å². The van der Waals surface area contributed by atoms with Crippen molar-refractivity contribution in [1.82, 2.24) is 0 Å². The second-order valence-corrected chi connectivity index (χ2v) is 7.09. The van der Waals surface area contributed by atoms with Crippen LogP contribution in [-0.4, -0.2) is 0 Å². The number of hydrogen-bond acceptors (Lipinski definition) is 1. The van der Waals surface area contributed by atoms with E-state index in [2.05, 4.69) is 62.9 Å². The van der Waals surface area contributed by atoms with Crippen molar-refractivity contribution in [2.75, 3.05) is 0 Å².